The number of amides is 1. The van der Waals surface area contributed by atoms with Gasteiger partial charge in [-0.15, -0.1) is 0 Å². The van der Waals surface area contributed by atoms with E-state index in [2.05, 4.69) is 5.32 Å². The van der Waals surface area contributed by atoms with Gasteiger partial charge in [0.1, 0.15) is 12.2 Å². The Morgan fingerprint density at radius 2 is 1.81 bits per heavy atom. The Labute approximate surface area is 152 Å². The zero-order valence-electron chi connectivity index (χ0n) is 14.5. The van der Waals surface area contributed by atoms with E-state index in [1.54, 1.807) is 0 Å². The number of benzene rings is 2. The van der Waals surface area contributed by atoms with Crippen LogP contribution < -0.4 is 5.32 Å². The Morgan fingerprint density at radius 3 is 2.50 bits per heavy atom. The van der Waals surface area contributed by atoms with Crippen LogP contribution >= 0.6 is 0 Å². The summed E-state index contributed by atoms with van der Waals surface area (Å²) in [5.41, 5.74) is 3.31. The van der Waals surface area contributed by atoms with Gasteiger partial charge in [0.2, 0.25) is 5.91 Å². The fourth-order valence-corrected chi connectivity index (χ4v) is 3.23. The predicted octanol–water partition coefficient (Wildman–Crippen LogP) is 1.86. The predicted molar refractivity (Wildman–Crippen MR) is 97.5 cm³/mol. The SMILES string of the molecule is CC(=O)Nc1cccc(-c2cccc([C@H]3O[C@H](CO)[C@@H](O)C[C@@H]3O)c2)c1. The topological polar surface area (TPSA) is 99.0 Å². The number of anilines is 1. The molecule has 0 radical (unpaired) electrons. The van der Waals surface area contributed by atoms with Crippen molar-refractivity contribution >= 4 is 11.6 Å². The molecule has 1 aliphatic heterocycles. The fourth-order valence-electron chi connectivity index (χ4n) is 3.23. The van der Waals surface area contributed by atoms with Crippen LogP contribution in [-0.4, -0.2) is 46.1 Å². The number of carbonyl (C=O) groups excluding carboxylic acids is 1. The van der Waals surface area contributed by atoms with Gasteiger partial charge in [-0.05, 0) is 34.9 Å². The minimum atomic E-state index is -0.885. The van der Waals surface area contributed by atoms with Crippen LogP contribution in [0.2, 0.25) is 0 Å². The van der Waals surface area contributed by atoms with Crippen molar-refractivity contribution in [3.05, 3.63) is 54.1 Å². The second-order valence-corrected chi connectivity index (χ2v) is 6.54. The summed E-state index contributed by atoms with van der Waals surface area (Å²) in [7, 11) is 0. The summed E-state index contributed by atoms with van der Waals surface area (Å²) in [5.74, 6) is -0.136. The van der Waals surface area contributed by atoms with Crippen LogP contribution in [0.1, 0.15) is 25.0 Å². The lowest BCUT2D eigenvalue weighted by Crippen LogP contribution is -2.44. The summed E-state index contributed by atoms with van der Waals surface area (Å²) in [6.45, 7) is 1.16. The first-order valence-electron chi connectivity index (χ1n) is 8.58. The third-order valence-corrected chi connectivity index (χ3v) is 4.49. The molecule has 0 bridgehead atoms. The number of carbonyl (C=O) groups is 1. The van der Waals surface area contributed by atoms with Gasteiger partial charge in [-0.25, -0.2) is 0 Å². The van der Waals surface area contributed by atoms with Crippen LogP contribution in [0.25, 0.3) is 11.1 Å². The molecule has 2 aromatic carbocycles. The van der Waals surface area contributed by atoms with Gasteiger partial charge in [0.15, 0.2) is 0 Å². The van der Waals surface area contributed by atoms with Gasteiger partial charge in [-0.1, -0.05) is 30.3 Å². The Balaban J connectivity index is 1.88. The van der Waals surface area contributed by atoms with E-state index in [0.29, 0.717) is 5.69 Å². The number of aliphatic hydroxyl groups excluding tert-OH is 3. The molecule has 1 amide bonds. The number of hydrogen-bond donors (Lipinski definition) is 4. The smallest absolute Gasteiger partial charge is 0.221 e. The first-order valence-corrected chi connectivity index (χ1v) is 8.58. The van der Waals surface area contributed by atoms with Crippen LogP contribution in [0.5, 0.6) is 0 Å². The molecule has 1 aliphatic rings. The maximum Gasteiger partial charge on any atom is 0.221 e. The molecule has 1 heterocycles. The van der Waals surface area contributed by atoms with E-state index in [0.717, 1.165) is 16.7 Å². The van der Waals surface area contributed by atoms with E-state index in [4.69, 9.17) is 4.74 Å². The highest BCUT2D eigenvalue weighted by Gasteiger charge is 2.36. The summed E-state index contributed by atoms with van der Waals surface area (Å²) in [5, 5.41) is 32.3. The number of aliphatic hydroxyl groups is 3. The summed E-state index contributed by atoms with van der Waals surface area (Å²) in [6.07, 6.45) is -2.92. The average Bonchev–Trinajstić information content (AvgIpc) is 2.62. The van der Waals surface area contributed by atoms with Crippen molar-refractivity contribution in [1.82, 2.24) is 0 Å². The van der Waals surface area contributed by atoms with Crippen molar-refractivity contribution in [2.75, 3.05) is 11.9 Å². The molecule has 138 valence electrons. The van der Waals surface area contributed by atoms with Crippen molar-refractivity contribution in [3.8, 4) is 11.1 Å². The van der Waals surface area contributed by atoms with Crippen LogP contribution in [0.15, 0.2) is 48.5 Å². The highest BCUT2D eigenvalue weighted by Crippen LogP contribution is 2.34. The quantitative estimate of drug-likeness (QED) is 0.669. The normalized spacial score (nSPS) is 25.7. The van der Waals surface area contributed by atoms with Crippen LogP contribution in [0.4, 0.5) is 5.69 Å². The van der Waals surface area contributed by atoms with E-state index >= 15 is 0 Å². The minimum absolute atomic E-state index is 0.136. The number of nitrogens with one attached hydrogen (secondary N) is 1. The zero-order valence-corrected chi connectivity index (χ0v) is 14.5. The first-order chi connectivity index (χ1) is 12.5. The summed E-state index contributed by atoms with van der Waals surface area (Å²) >= 11 is 0. The van der Waals surface area contributed by atoms with Crippen molar-refractivity contribution in [2.24, 2.45) is 0 Å². The Kier molecular flexibility index (Phi) is 5.68. The molecular formula is C20H23NO5. The first kappa shape index (κ1) is 18.5. The maximum atomic E-state index is 11.2. The van der Waals surface area contributed by atoms with Crippen molar-refractivity contribution in [1.29, 1.82) is 0 Å². The van der Waals surface area contributed by atoms with Gasteiger partial charge in [-0.2, -0.15) is 0 Å². The van der Waals surface area contributed by atoms with Crippen LogP contribution in [0.3, 0.4) is 0 Å². The van der Waals surface area contributed by atoms with Crippen molar-refractivity contribution in [3.63, 3.8) is 0 Å². The number of hydrogen-bond acceptors (Lipinski definition) is 5. The molecule has 4 atom stereocenters. The monoisotopic (exact) mass is 357 g/mol. The van der Waals surface area contributed by atoms with E-state index in [1.165, 1.54) is 6.92 Å². The molecule has 0 spiro atoms. The van der Waals surface area contributed by atoms with Gasteiger partial charge >= 0.3 is 0 Å². The second-order valence-electron chi connectivity index (χ2n) is 6.54. The molecule has 0 unspecified atom stereocenters. The molecule has 0 aliphatic carbocycles. The summed E-state index contributed by atoms with van der Waals surface area (Å²) in [6, 6.07) is 15.0. The number of rotatable bonds is 4. The molecule has 2 aromatic rings. The fraction of sp³-hybridized carbons (Fsp3) is 0.350. The zero-order chi connectivity index (χ0) is 18.7. The third-order valence-electron chi connectivity index (χ3n) is 4.49. The second kappa shape index (κ2) is 7.97. The van der Waals surface area contributed by atoms with Crippen molar-refractivity contribution in [2.45, 2.75) is 37.8 Å². The minimum Gasteiger partial charge on any atom is -0.394 e. The lowest BCUT2D eigenvalue weighted by Gasteiger charge is -2.36. The van der Waals surface area contributed by atoms with Crippen molar-refractivity contribution < 1.29 is 24.9 Å². The maximum absolute atomic E-state index is 11.2. The van der Waals surface area contributed by atoms with Crippen LogP contribution in [0, 0.1) is 0 Å². The van der Waals surface area contributed by atoms with Gasteiger partial charge in [0.05, 0.1) is 18.8 Å². The molecule has 1 fully saturated rings. The highest BCUT2D eigenvalue weighted by molar-refractivity contribution is 5.89. The van der Waals surface area contributed by atoms with E-state index < -0.39 is 24.4 Å². The highest BCUT2D eigenvalue weighted by atomic mass is 16.5. The largest absolute Gasteiger partial charge is 0.394 e. The molecule has 1 saturated heterocycles. The Morgan fingerprint density at radius 1 is 1.12 bits per heavy atom. The number of ether oxygens (including phenoxy) is 1. The van der Waals surface area contributed by atoms with Gasteiger partial charge < -0.3 is 25.4 Å². The molecule has 0 aromatic heterocycles. The van der Waals surface area contributed by atoms with Gasteiger partial charge in [0.25, 0.3) is 0 Å². The van der Waals surface area contributed by atoms with Gasteiger partial charge in [-0.3, -0.25) is 4.79 Å². The molecule has 26 heavy (non-hydrogen) atoms. The Hall–Kier alpha value is -2.25. The van der Waals surface area contributed by atoms with E-state index in [9.17, 15) is 20.1 Å². The van der Waals surface area contributed by atoms with Gasteiger partial charge in [0, 0.05) is 19.0 Å². The van der Waals surface area contributed by atoms with E-state index in [1.807, 2.05) is 48.5 Å². The molecule has 0 saturated carbocycles. The van der Waals surface area contributed by atoms with E-state index in [-0.39, 0.29) is 18.9 Å². The van der Waals surface area contributed by atoms with Crippen LogP contribution in [-0.2, 0) is 9.53 Å². The molecule has 4 N–H and O–H groups in total. The summed E-state index contributed by atoms with van der Waals surface area (Å²) < 4.78 is 5.71. The third kappa shape index (κ3) is 4.11. The standard InChI is InChI=1S/C20H23NO5/c1-12(23)21-16-7-3-5-14(9-16)13-4-2-6-15(8-13)20-18(25)10-17(24)19(11-22)26-20/h2-9,17-20,22,24-25H,10-11H2,1H3,(H,21,23)/t17-,18-,19+,20+/m0/s1. The molecular weight excluding hydrogens is 334 g/mol. The molecule has 6 nitrogen and oxygen atoms in total. The average molecular weight is 357 g/mol. The lowest BCUT2D eigenvalue weighted by atomic mass is 9.92. The summed E-state index contributed by atoms with van der Waals surface area (Å²) in [4.78, 5) is 11.2. The molecule has 6 heteroatoms. The Bertz CT molecular complexity index is 778. The lowest BCUT2D eigenvalue weighted by molar-refractivity contribution is -0.181. The molecule has 3 rings (SSSR count).